The van der Waals surface area contributed by atoms with Gasteiger partial charge in [-0.15, -0.1) is 0 Å². The Kier molecular flexibility index (Phi) is 9.06. The van der Waals surface area contributed by atoms with Crippen LogP contribution < -0.4 is 10.2 Å². The number of aromatic nitrogens is 1. The van der Waals surface area contributed by atoms with Crippen LogP contribution >= 0.6 is 23.2 Å². The van der Waals surface area contributed by atoms with Gasteiger partial charge in [-0.1, -0.05) is 41.4 Å². The molecule has 3 rings (SSSR count). The second-order valence-corrected chi connectivity index (χ2v) is 10.8. The van der Waals surface area contributed by atoms with Crippen molar-refractivity contribution in [3.05, 3.63) is 82.1 Å². The molecule has 37 heavy (non-hydrogen) atoms. The van der Waals surface area contributed by atoms with Gasteiger partial charge in [0.05, 0.1) is 26.2 Å². The Balaban J connectivity index is 1.75. The number of para-hydroxylation sites is 1. The van der Waals surface area contributed by atoms with Gasteiger partial charge in [-0.2, -0.15) is 13.2 Å². The number of halogens is 5. The Morgan fingerprint density at radius 1 is 1.11 bits per heavy atom. The molecular weight excluding hydrogens is 554 g/mol. The molecule has 3 aromatic rings. The van der Waals surface area contributed by atoms with Crippen LogP contribution in [0.4, 0.5) is 24.5 Å². The highest BCUT2D eigenvalue weighted by Crippen LogP contribution is 2.36. The molecule has 0 saturated carbocycles. The minimum atomic E-state index is -4.82. The Labute approximate surface area is 222 Å². The molecule has 0 unspecified atom stereocenters. The summed E-state index contributed by atoms with van der Waals surface area (Å²) in [5.74, 6) is -1.37. The number of sulfone groups is 1. The number of pyridine rings is 1. The fourth-order valence-electron chi connectivity index (χ4n) is 3.36. The van der Waals surface area contributed by atoms with E-state index in [9.17, 15) is 26.4 Å². The highest BCUT2D eigenvalue weighted by Gasteiger charge is 2.34. The molecule has 0 bridgehead atoms. The molecule has 0 aliphatic carbocycles. The van der Waals surface area contributed by atoms with E-state index in [0.29, 0.717) is 11.8 Å². The summed E-state index contributed by atoms with van der Waals surface area (Å²) in [6.07, 6.45) is -3.52. The average molecular weight is 576 g/mol. The van der Waals surface area contributed by atoms with Crippen LogP contribution in [0.25, 0.3) is 0 Å². The van der Waals surface area contributed by atoms with Crippen LogP contribution in [-0.4, -0.2) is 38.0 Å². The number of benzene rings is 2. The SMILES string of the molecule is CC(C)N(C(=O)c1ncc(Cl)cc1NCOCS(=O)(=O)c1ccc(Cl)c(C(F)(F)F)c1)c1ccccc1. The Morgan fingerprint density at radius 3 is 2.41 bits per heavy atom. The lowest BCUT2D eigenvalue weighted by atomic mass is 10.2. The number of rotatable bonds is 9. The van der Waals surface area contributed by atoms with E-state index in [4.69, 9.17) is 27.9 Å². The van der Waals surface area contributed by atoms with E-state index >= 15 is 0 Å². The molecule has 1 heterocycles. The number of carbonyl (C=O) groups is 1. The summed E-state index contributed by atoms with van der Waals surface area (Å²) in [6, 6.07) is 12.4. The monoisotopic (exact) mass is 575 g/mol. The third-order valence-electron chi connectivity index (χ3n) is 5.03. The zero-order valence-corrected chi connectivity index (χ0v) is 21.9. The zero-order chi connectivity index (χ0) is 27.4. The van der Waals surface area contributed by atoms with Crippen LogP contribution in [0.5, 0.6) is 0 Å². The molecule has 0 atom stereocenters. The van der Waals surface area contributed by atoms with E-state index < -0.39 is 50.1 Å². The maximum absolute atomic E-state index is 13.4. The lowest BCUT2D eigenvalue weighted by molar-refractivity contribution is -0.137. The molecule has 0 spiro atoms. The van der Waals surface area contributed by atoms with Gasteiger partial charge < -0.3 is 15.0 Å². The van der Waals surface area contributed by atoms with Crippen LogP contribution in [0.1, 0.15) is 29.9 Å². The van der Waals surface area contributed by atoms with Crippen LogP contribution in [-0.2, 0) is 20.8 Å². The van der Waals surface area contributed by atoms with Crippen LogP contribution in [0.15, 0.2) is 65.7 Å². The predicted octanol–water partition coefficient (Wildman–Crippen LogP) is 6.28. The number of nitrogens with zero attached hydrogens (tertiary/aromatic N) is 2. The smallest absolute Gasteiger partial charge is 0.361 e. The maximum atomic E-state index is 13.4. The van der Waals surface area contributed by atoms with E-state index in [1.165, 1.54) is 17.2 Å². The highest BCUT2D eigenvalue weighted by molar-refractivity contribution is 7.91. The van der Waals surface area contributed by atoms with Crippen LogP contribution in [0.2, 0.25) is 10.0 Å². The number of nitrogens with one attached hydrogen (secondary N) is 1. The van der Waals surface area contributed by atoms with Gasteiger partial charge in [0.15, 0.2) is 11.6 Å². The molecule has 1 aromatic heterocycles. The van der Waals surface area contributed by atoms with Gasteiger partial charge >= 0.3 is 6.18 Å². The first-order valence-corrected chi connectivity index (χ1v) is 13.2. The number of hydrogen-bond acceptors (Lipinski definition) is 6. The molecule has 1 amide bonds. The van der Waals surface area contributed by atoms with Gasteiger partial charge in [-0.05, 0) is 50.2 Å². The normalized spacial score (nSPS) is 12.0. The number of hydrogen-bond donors (Lipinski definition) is 1. The third-order valence-corrected chi connectivity index (χ3v) is 7.02. The van der Waals surface area contributed by atoms with Crippen LogP contribution in [0.3, 0.4) is 0 Å². The molecule has 13 heteroatoms. The van der Waals surface area contributed by atoms with Gasteiger partial charge in [0.2, 0.25) is 9.84 Å². The second-order valence-electron chi connectivity index (χ2n) is 8.05. The number of alkyl halides is 3. The minimum absolute atomic E-state index is 0.0148. The second kappa shape index (κ2) is 11.7. The number of carbonyl (C=O) groups excluding carboxylic acids is 1. The fraction of sp³-hybridized carbons (Fsp3) is 0.250. The standard InChI is InChI=1S/C24H22Cl2F3N3O4S/c1-15(2)32(17-6-4-3-5-7-17)23(33)22-21(10-16(25)12-30-22)31-13-36-14-37(34,35)18-8-9-20(26)19(11-18)24(27,28)29/h3-12,15,31H,13-14H2,1-2H3. The van der Waals surface area contributed by atoms with Gasteiger partial charge in [0.1, 0.15) is 6.73 Å². The third kappa shape index (κ3) is 7.13. The summed E-state index contributed by atoms with van der Waals surface area (Å²) >= 11 is 11.6. The average Bonchev–Trinajstić information content (AvgIpc) is 2.82. The first-order chi connectivity index (χ1) is 17.3. The molecule has 7 nitrogen and oxygen atoms in total. The van der Waals surface area contributed by atoms with Crippen molar-refractivity contribution in [2.45, 2.75) is 31.0 Å². The number of anilines is 2. The number of amides is 1. The quantitative estimate of drug-likeness (QED) is 0.238. The first-order valence-electron chi connectivity index (χ1n) is 10.8. The van der Waals surface area contributed by atoms with E-state index in [1.807, 2.05) is 19.9 Å². The molecular formula is C24H22Cl2F3N3O4S. The van der Waals surface area contributed by atoms with E-state index in [2.05, 4.69) is 10.3 Å². The van der Waals surface area contributed by atoms with Gasteiger partial charge in [-0.25, -0.2) is 13.4 Å². The number of ether oxygens (including phenoxy) is 1. The lowest BCUT2D eigenvalue weighted by Crippen LogP contribution is -2.38. The van der Waals surface area contributed by atoms with Crippen molar-refractivity contribution in [1.29, 1.82) is 0 Å². The Bertz CT molecular complexity index is 1370. The van der Waals surface area contributed by atoms with Gasteiger partial charge in [0.25, 0.3) is 5.91 Å². The lowest BCUT2D eigenvalue weighted by Gasteiger charge is -2.27. The maximum Gasteiger partial charge on any atom is 0.417 e. The van der Waals surface area contributed by atoms with Crippen molar-refractivity contribution in [3.63, 3.8) is 0 Å². The topological polar surface area (TPSA) is 88.6 Å². The van der Waals surface area contributed by atoms with Crippen molar-refractivity contribution in [1.82, 2.24) is 4.98 Å². The van der Waals surface area contributed by atoms with Crippen molar-refractivity contribution < 1.29 is 31.1 Å². The molecule has 0 aliphatic rings. The summed E-state index contributed by atoms with van der Waals surface area (Å²) in [7, 11) is -4.25. The summed E-state index contributed by atoms with van der Waals surface area (Å²) in [5.41, 5.74) is -0.424. The van der Waals surface area contributed by atoms with Crippen molar-refractivity contribution in [3.8, 4) is 0 Å². The van der Waals surface area contributed by atoms with Gasteiger partial charge in [0, 0.05) is 17.9 Å². The predicted molar refractivity (Wildman–Crippen MR) is 136 cm³/mol. The largest absolute Gasteiger partial charge is 0.417 e. The highest BCUT2D eigenvalue weighted by atomic mass is 35.5. The van der Waals surface area contributed by atoms with E-state index in [0.717, 1.165) is 12.1 Å². The molecule has 0 fully saturated rings. The first kappa shape index (κ1) is 28.7. The summed E-state index contributed by atoms with van der Waals surface area (Å²) < 4.78 is 69.5. The van der Waals surface area contributed by atoms with E-state index in [1.54, 1.807) is 24.3 Å². The Morgan fingerprint density at radius 2 is 1.78 bits per heavy atom. The minimum Gasteiger partial charge on any atom is -0.361 e. The molecule has 0 saturated heterocycles. The van der Waals surface area contributed by atoms with E-state index in [-0.39, 0.29) is 22.4 Å². The Hall–Kier alpha value is -2.86. The molecule has 1 N–H and O–H groups in total. The van der Waals surface area contributed by atoms with Crippen LogP contribution in [0, 0.1) is 0 Å². The fourth-order valence-corrected chi connectivity index (χ4v) is 4.75. The zero-order valence-electron chi connectivity index (χ0n) is 19.6. The summed E-state index contributed by atoms with van der Waals surface area (Å²) in [6.45, 7) is 3.26. The van der Waals surface area contributed by atoms with Crippen molar-refractivity contribution in [2.75, 3.05) is 22.9 Å². The molecule has 0 radical (unpaired) electrons. The summed E-state index contributed by atoms with van der Waals surface area (Å²) in [5, 5.41) is 2.36. The summed E-state index contributed by atoms with van der Waals surface area (Å²) in [4.78, 5) is 18.5. The molecule has 0 aliphatic heterocycles. The van der Waals surface area contributed by atoms with Crippen molar-refractivity contribution >= 4 is 50.3 Å². The van der Waals surface area contributed by atoms with Crippen molar-refractivity contribution in [2.24, 2.45) is 0 Å². The molecule has 2 aromatic carbocycles. The van der Waals surface area contributed by atoms with Gasteiger partial charge in [-0.3, -0.25) is 4.79 Å². The molecule has 198 valence electrons.